The molecule has 0 saturated heterocycles. The van der Waals surface area contributed by atoms with Gasteiger partial charge in [0.25, 0.3) is 5.91 Å². The molecule has 0 radical (unpaired) electrons. The van der Waals surface area contributed by atoms with Crippen LogP contribution in [0.1, 0.15) is 21.1 Å². The van der Waals surface area contributed by atoms with Crippen molar-refractivity contribution in [1.29, 1.82) is 0 Å². The number of amides is 1. The van der Waals surface area contributed by atoms with Crippen LogP contribution < -0.4 is 10.6 Å². The Hall–Kier alpha value is -1.66. The predicted molar refractivity (Wildman–Crippen MR) is 66.3 cm³/mol. The second kappa shape index (κ2) is 4.31. The number of nitrogens with one attached hydrogen (secondary N) is 3. The molecule has 0 bridgehead atoms. The van der Waals surface area contributed by atoms with E-state index in [-0.39, 0.29) is 5.91 Å². The number of nitrogens with zero attached hydrogens (tertiary/aromatic N) is 1. The Kier molecular flexibility index (Phi) is 2.66. The number of hydrogen-bond acceptors (Lipinski definition) is 4. The first-order valence-electron chi connectivity index (χ1n) is 5.47. The molecule has 0 fully saturated rings. The van der Waals surface area contributed by atoms with Gasteiger partial charge in [-0.05, 0) is 12.1 Å². The van der Waals surface area contributed by atoms with Crippen LogP contribution >= 0.6 is 11.3 Å². The van der Waals surface area contributed by atoms with Crippen molar-refractivity contribution in [2.45, 2.75) is 13.0 Å². The molecule has 88 valence electrons. The lowest BCUT2D eigenvalue weighted by Gasteiger charge is -2.09. The highest BCUT2D eigenvalue weighted by atomic mass is 32.1. The van der Waals surface area contributed by atoms with Crippen molar-refractivity contribution in [3.05, 3.63) is 34.6 Å². The number of carbonyl (C=O) groups is 1. The SMILES string of the molecule is O=C(Nc1nc2c(s1)CNCC2)c1ccc[nH]1. The summed E-state index contributed by atoms with van der Waals surface area (Å²) in [6, 6.07) is 3.54. The van der Waals surface area contributed by atoms with Crippen LogP contribution in [-0.4, -0.2) is 22.4 Å². The molecule has 17 heavy (non-hydrogen) atoms. The van der Waals surface area contributed by atoms with Crippen molar-refractivity contribution >= 4 is 22.4 Å². The Balaban J connectivity index is 1.77. The Morgan fingerprint density at radius 3 is 3.24 bits per heavy atom. The van der Waals surface area contributed by atoms with Gasteiger partial charge in [0.05, 0.1) is 5.69 Å². The topological polar surface area (TPSA) is 69.8 Å². The number of aromatic amines is 1. The van der Waals surface area contributed by atoms with Crippen LogP contribution in [0.4, 0.5) is 5.13 Å². The Morgan fingerprint density at radius 1 is 1.53 bits per heavy atom. The highest BCUT2D eigenvalue weighted by Gasteiger charge is 2.16. The second-order valence-corrected chi connectivity index (χ2v) is 4.94. The third-order valence-electron chi connectivity index (χ3n) is 2.67. The summed E-state index contributed by atoms with van der Waals surface area (Å²) in [5.41, 5.74) is 1.66. The molecule has 2 aromatic rings. The molecule has 1 amide bonds. The van der Waals surface area contributed by atoms with Crippen molar-refractivity contribution in [1.82, 2.24) is 15.3 Å². The van der Waals surface area contributed by atoms with Gasteiger partial charge in [-0.2, -0.15) is 0 Å². The minimum Gasteiger partial charge on any atom is -0.357 e. The van der Waals surface area contributed by atoms with Gasteiger partial charge in [-0.1, -0.05) is 0 Å². The van der Waals surface area contributed by atoms with Crippen LogP contribution in [0, 0.1) is 0 Å². The Labute approximate surface area is 102 Å². The molecule has 6 heteroatoms. The van der Waals surface area contributed by atoms with E-state index in [1.807, 2.05) is 0 Å². The maximum Gasteiger partial charge on any atom is 0.273 e. The van der Waals surface area contributed by atoms with Gasteiger partial charge in [-0.15, -0.1) is 11.3 Å². The summed E-state index contributed by atoms with van der Waals surface area (Å²) in [7, 11) is 0. The van der Waals surface area contributed by atoms with Crippen molar-refractivity contribution in [3.63, 3.8) is 0 Å². The van der Waals surface area contributed by atoms with Crippen LogP contribution in [0.2, 0.25) is 0 Å². The lowest BCUT2D eigenvalue weighted by Crippen LogP contribution is -2.22. The maximum absolute atomic E-state index is 11.8. The van der Waals surface area contributed by atoms with E-state index in [0.29, 0.717) is 10.8 Å². The number of anilines is 1. The van der Waals surface area contributed by atoms with Crippen LogP contribution in [0.15, 0.2) is 18.3 Å². The van der Waals surface area contributed by atoms with E-state index in [2.05, 4.69) is 20.6 Å². The average molecular weight is 248 g/mol. The van der Waals surface area contributed by atoms with E-state index >= 15 is 0 Å². The lowest BCUT2D eigenvalue weighted by molar-refractivity contribution is 0.102. The molecule has 0 atom stereocenters. The molecule has 1 aliphatic rings. The number of carbonyl (C=O) groups excluding carboxylic acids is 1. The molecule has 0 unspecified atom stereocenters. The maximum atomic E-state index is 11.8. The number of aromatic nitrogens is 2. The van der Waals surface area contributed by atoms with Crippen molar-refractivity contribution in [2.24, 2.45) is 0 Å². The summed E-state index contributed by atoms with van der Waals surface area (Å²) in [6.07, 6.45) is 2.66. The van der Waals surface area contributed by atoms with Gasteiger partial charge in [0.15, 0.2) is 5.13 Å². The predicted octanol–water partition coefficient (Wildman–Crippen LogP) is 1.37. The van der Waals surface area contributed by atoms with Crippen LogP contribution in [0.5, 0.6) is 0 Å². The third kappa shape index (κ3) is 2.09. The molecule has 0 aliphatic carbocycles. The molecule has 2 aromatic heterocycles. The van der Waals surface area contributed by atoms with Crippen molar-refractivity contribution in [2.75, 3.05) is 11.9 Å². The molecule has 3 heterocycles. The molecule has 0 aromatic carbocycles. The van der Waals surface area contributed by atoms with Gasteiger partial charge in [0, 0.05) is 30.6 Å². The largest absolute Gasteiger partial charge is 0.357 e. The van der Waals surface area contributed by atoms with E-state index in [4.69, 9.17) is 0 Å². The summed E-state index contributed by atoms with van der Waals surface area (Å²) in [5, 5.41) is 6.78. The zero-order chi connectivity index (χ0) is 11.7. The minimum absolute atomic E-state index is 0.144. The number of thiazole rings is 1. The summed E-state index contributed by atoms with van der Waals surface area (Å²) in [4.78, 5) is 20.3. The zero-order valence-electron chi connectivity index (χ0n) is 9.12. The highest BCUT2D eigenvalue weighted by Crippen LogP contribution is 2.25. The van der Waals surface area contributed by atoms with Crippen LogP contribution in [0.25, 0.3) is 0 Å². The molecular formula is C11H12N4OS. The number of rotatable bonds is 2. The van der Waals surface area contributed by atoms with Crippen LogP contribution in [0.3, 0.4) is 0 Å². The standard InChI is InChI=1S/C11H12N4OS/c16-10(8-2-1-4-13-8)15-11-14-7-3-5-12-6-9(7)17-11/h1-2,4,12-13H,3,5-6H2,(H,14,15,16). The Bertz CT molecular complexity index is 508. The molecule has 5 nitrogen and oxygen atoms in total. The molecule has 0 spiro atoms. The average Bonchev–Trinajstić information content (AvgIpc) is 2.97. The summed E-state index contributed by atoms with van der Waals surface area (Å²) >= 11 is 1.54. The summed E-state index contributed by atoms with van der Waals surface area (Å²) < 4.78 is 0. The van der Waals surface area contributed by atoms with Gasteiger partial charge < -0.3 is 10.3 Å². The van der Waals surface area contributed by atoms with E-state index < -0.39 is 0 Å². The fourth-order valence-corrected chi connectivity index (χ4v) is 2.79. The molecular weight excluding hydrogens is 236 g/mol. The first-order chi connectivity index (χ1) is 8.33. The minimum atomic E-state index is -0.144. The molecule has 3 N–H and O–H groups in total. The second-order valence-electron chi connectivity index (χ2n) is 3.85. The van der Waals surface area contributed by atoms with E-state index in [1.165, 1.54) is 4.88 Å². The van der Waals surface area contributed by atoms with E-state index in [0.717, 1.165) is 25.2 Å². The van der Waals surface area contributed by atoms with Crippen molar-refractivity contribution in [3.8, 4) is 0 Å². The zero-order valence-corrected chi connectivity index (χ0v) is 9.93. The Morgan fingerprint density at radius 2 is 2.47 bits per heavy atom. The first-order valence-corrected chi connectivity index (χ1v) is 6.28. The quantitative estimate of drug-likeness (QED) is 0.751. The summed E-state index contributed by atoms with van der Waals surface area (Å²) in [5.74, 6) is -0.144. The van der Waals surface area contributed by atoms with E-state index in [1.54, 1.807) is 29.7 Å². The van der Waals surface area contributed by atoms with Gasteiger partial charge in [0.1, 0.15) is 5.69 Å². The third-order valence-corrected chi connectivity index (χ3v) is 3.68. The monoisotopic (exact) mass is 248 g/mol. The summed E-state index contributed by atoms with van der Waals surface area (Å²) in [6.45, 7) is 1.81. The van der Waals surface area contributed by atoms with Gasteiger partial charge >= 0.3 is 0 Å². The van der Waals surface area contributed by atoms with Gasteiger partial charge in [-0.25, -0.2) is 4.98 Å². The van der Waals surface area contributed by atoms with Crippen molar-refractivity contribution < 1.29 is 4.79 Å². The normalized spacial score (nSPS) is 14.4. The molecule has 1 aliphatic heterocycles. The highest BCUT2D eigenvalue weighted by molar-refractivity contribution is 7.15. The fourth-order valence-electron chi connectivity index (χ4n) is 1.81. The number of fused-ring (bicyclic) bond motifs is 1. The van der Waals surface area contributed by atoms with E-state index in [9.17, 15) is 4.79 Å². The molecule has 0 saturated carbocycles. The number of hydrogen-bond donors (Lipinski definition) is 3. The lowest BCUT2D eigenvalue weighted by atomic mass is 10.2. The molecule has 3 rings (SSSR count). The van der Waals surface area contributed by atoms with Crippen LogP contribution in [-0.2, 0) is 13.0 Å². The smallest absolute Gasteiger partial charge is 0.273 e. The van der Waals surface area contributed by atoms with Gasteiger partial charge in [-0.3, -0.25) is 10.1 Å². The number of H-pyrrole nitrogens is 1. The van der Waals surface area contributed by atoms with Gasteiger partial charge in [0.2, 0.25) is 0 Å². The first kappa shape index (κ1) is 10.5. The fraction of sp³-hybridized carbons (Fsp3) is 0.273.